The number of halogens is 3. The second-order valence-electron chi connectivity index (χ2n) is 5.76. The highest BCUT2D eigenvalue weighted by Gasteiger charge is 2.31. The van der Waals surface area contributed by atoms with Crippen LogP contribution in [0.3, 0.4) is 0 Å². The number of hydrogen-bond acceptors (Lipinski definition) is 3. The van der Waals surface area contributed by atoms with Crippen LogP contribution in [-0.4, -0.2) is 16.7 Å². The molecule has 0 saturated heterocycles. The number of aryl methyl sites for hydroxylation is 1. The first kappa shape index (κ1) is 18.7. The number of aromatic amines is 1. The molecule has 0 bridgehead atoms. The summed E-state index contributed by atoms with van der Waals surface area (Å²) in [6.07, 6.45) is -4.55. The SMILES string of the molecule is CC(=O)c1c(C)[nH]c(C(=O)Nc2cc(CN)cc(C(F)(F)F)c2)c1C. The second-order valence-corrected chi connectivity index (χ2v) is 5.76. The number of benzene rings is 1. The largest absolute Gasteiger partial charge is 0.416 e. The van der Waals surface area contributed by atoms with Crippen molar-refractivity contribution in [1.82, 2.24) is 4.98 Å². The lowest BCUT2D eigenvalue weighted by molar-refractivity contribution is -0.137. The van der Waals surface area contributed by atoms with Gasteiger partial charge in [-0.1, -0.05) is 0 Å². The number of amides is 1. The molecule has 0 aliphatic heterocycles. The fourth-order valence-electron chi connectivity index (χ4n) is 2.74. The summed E-state index contributed by atoms with van der Waals surface area (Å²) in [7, 11) is 0. The van der Waals surface area contributed by atoms with Gasteiger partial charge in [0.1, 0.15) is 5.69 Å². The molecule has 134 valence electrons. The predicted octanol–water partition coefficient (Wildman–Crippen LogP) is 3.56. The van der Waals surface area contributed by atoms with Crippen LogP contribution in [0.4, 0.5) is 18.9 Å². The van der Waals surface area contributed by atoms with Crippen molar-refractivity contribution in [1.29, 1.82) is 0 Å². The summed E-state index contributed by atoms with van der Waals surface area (Å²) in [4.78, 5) is 26.9. The number of H-pyrrole nitrogens is 1. The molecule has 0 fully saturated rings. The zero-order chi connectivity index (χ0) is 18.9. The van der Waals surface area contributed by atoms with Crippen molar-refractivity contribution in [2.24, 2.45) is 5.73 Å². The Balaban J connectivity index is 2.39. The van der Waals surface area contributed by atoms with Crippen molar-refractivity contribution in [3.63, 3.8) is 0 Å². The van der Waals surface area contributed by atoms with Crippen LogP contribution in [-0.2, 0) is 12.7 Å². The van der Waals surface area contributed by atoms with Gasteiger partial charge in [-0.25, -0.2) is 0 Å². The Morgan fingerprint density at radius 3 is 2.32 bits per heavy atom. The van der Waals surface area contributed by atoms with E-state index in [4.69, 9.17) is 5.73 Å². The smallest absolute Gasteiger partial charge is 0.354 e. The molecule has 0 aliphatic carbocycles. The molecular weight excluding hydrogens is 335 g/mol. The van der Waals surface area contributed by atoms with E-state index in [-0.39, 0.29) is 29.3 Å². The van der Waals surface area contributed by atoms with Gasteiger partial charge < -0.3 is 16.0 Å². The van der Waals surface area contributed by atoms with E-state index in [0.29, 0.717) is 16.8 Å². The van der Waals surface area contributed by atoms with Crippen molar-refractivity contribution in [3.05, 3.63) is 51.8 Å². The molecule has 0 saturated carbocycles. The Labute approximate surface area is 142 Å². The second kappa shape index (κ2) is 6.72. The van der Waals surface area contributed by atoms with Gasteiger partial charge in [-0.15, -0.1) is 0 Å². The molecule has 0 atom stereocenters. The molecule has 2 aromatic rings. The number of hydrogen-bond donors (Lipinski definition) is 3. The molecule has 5 nitrogen and oxygen atoms in total. The third kappa shape index (κ3) is 3.90. The molecule has 0 spiro atoms. The third-order valence-electron chi connectivity index (χ3n) is 3.83. The molecule has 4 N–H and O–H groups in total. The Morgan fingerprint density at radius 2 is 1.84 bits per heavy atom. The number of ketones is 1. The average molecular weight is 353 g/mol. The average Bonchev–Trinajstić information content (AvgIpc) is 2.80. The normalized spacial score (nSPS) is 11.5. The number of Topliss-reactive ketones (excluding diaryl/α,β-unsaturated/α-hetero) is 1. The number of aromatic nitrogens is 1. The molecular formula is C17H18F3N3O2. The van der Waals surface area contributed by atoms with Crippen molar-refractivity contribution in [3.8, 4) is 0 Å². The van der Waals surface area contributed by atoms with Gasteiger partial charge in [-0.2, -0.15) is 13.2 Å². The van der Waals surface area contributed by atoms with Gasteiger partial charge >= 0.3 is 6.18 Å². The Morgan fingerprint density at radius 1 is 1.20 bits per heavy atom. The standard InChI is InChI=1S/C17H18F3N3O2/c1-8-14(10(3)24)9(2)22-15(8)16(25)23-13-5-11(7-21)4-12(6-13)17(18,19)20/h4-6,22H,7,21H2,1-3H3,(H,23,25). The van der Waals surface area contributed by atoms with Crippen molar-refractivity contribution in [2.45, 2.75) is 33.5 Å². The van der Waals surface area contributed by atoms with Gasteiger partial charge in [0.05, 0.1) is 5.56 Å². The van der Waals surface area contributed by atoms with Crippen LogP contribution in [0.2, 0.25) is 0 Å². The molecule has 1 aromatic heterocycles. The van der Waals surface area contributed by atoms with E-state index < -0.39 is 17.6 Å². The third-order valence-corrected chi connectivity index (χ3v) is 3.83. The highest BCUT2D eigenvalue weighted by atomic mass is 19.4. The molecule has 0 unspecified atom stereocenters. The van der Waals surface area contributed by atoms with Crippen LogP contribution < -0.4 is 11.1 Å². The van der Waals surface area contributed by atoms with Crippen LogP contribution in [0, 0.1) is 13.8 Å². The van der Waals surface area contributed by atoms with Crippen molar-refractivity contribution >= 4 is 17.4 Å². The van der Waals surface area contributed by atoms with Gasteiger partial charge in [0.2, 0.25) is 0 Å². The molecule has 1 amide bonds. The molecule has 2 rings (SSSR count). The maximum atomic E-state index is 13.0. The maximum Gasteiger partial charge on any atom is 0.416 e. The summed E-state index contributed by atoms with van der Waals surface area (Å²) >= 11 is 0. The van der Waals surface area contributed by atoms with E-state index in [2.05, 4.69) is 10.3 Å². The van der Waals surface area contributed by atoms with E-state index in [9.17, 15) is 22.8 Å². The van der Waals surface area contributed by atoms with E-state index in [1.165, 1.54) is 13.0 Å². The minimum atomic E-state index is -4.55. The Bertz CT molecular complexity index is 838. The van der Waals surface area contributed by atoms with Crippen LogP contribution in [0.25, 0.3) is 0 Å². The van der Waals surface area contributed by atoms with Crippen LogP contribution in [0.15, 0.2) is 18.2 Å². The highest BCUT2D eigenvalue weighted by Crippen LogP contribution is 2.32. The summed E-state index contributed by atoms with van der Waals surface area (Å²) in [5.41, 5.74) is 6.28. The van der Waals surface area contributed by atoms with Crippen LogP contribution in [0.1, 0.15) is 50.2 Å². The lowest BCUT2D eigenvalue weighted by Crippen LogP contribution is -2.16. The minimum Gasteiger partial charge on any atom is -0.354 e. The van der Waals surface area contributed by atoms with Gasteiger partial charge in [0.15, 0.2) is 5.78 Å². The van der Waals surface area contributed by atoms with E-state index in [0.717, 1.165) is 12.1 Å². The van der Waals surface area contributed by atoms with E-state index in [1.807, 2.05) is 0 Å². The van der Waals surface area contributed by atoms with Gasteiger partial charge in [0.25, 0.3) is 5.91 Å². The molecule has 1 heterocycles. The number of nitrogens with two attached hydrogens (primary N) is 1. The molecule has 8 heteroatoms. The fraction of sp³-hybridized carbons (Fsp3) is 0.294. The number of anilines is 1. The minimum absolute atomic E-state index is 0.0173. The lowest BCUT2D eigenvalue weighted by atomic mass is 10.1. The Kier molecular flexibility index (Phi) is 5.03. The number of nitrogens with one attached hydrogen (secondary N) is 2. The number of rotatable bonds is 4. The zero-order valence-electron chi connectivity index (χ0n) is 14.0. The summed E-state index contributed by atoms with van der Waals surface area (Å²) in [6, 6.07) is 3.16. The first-order valence-corrected chi connectivity index (χ1v) is 7.47. The van der Waals surface area contributed by atoms with Gasteiger partial charge in [0, 0.05) is 23.5 Å². The summed E-state index contributed by atoms with van der Waals surface area (Å²) in [6.45, 7) is 4.54. The first-order chi connectivity index (χ1) is 11.5. The maximum absolute atomic E-state index is 13.0. The van der Waals surface area contributed by atoms with Crippen molar-refractivity contribution in [2.75, 3.05) is 5.32 Å². The first-order valence-electron chi connectivity index (χ1n) is 7.47. The van der Waals surface area contributed by atoms with E-state index in [1.54, 1.807) is 13.8 Å². The number of alkyl halides is 3. The van der Waals surface area contributed by atoms with E-state index >= 15 is 0 Å². The highest BCUT2D eigenvalue weighted by molar-refractivity contribution is 6.07. The Hall–Kier alpha value is -2.61. The summed E-state index contributed by atoms with van der Waals surface area (Å²) in [5.74, 6) is -0.829. The molecule has 25 heavy (non-hydrogen) atoms. The van der Waals surface area contributed by atoms with Gasteiger partial charge in [-0.3, -0.25) is 9.59 Å². The fourth-order valence-corrected chi connectivity index (χ4v) is 2.74. The van der Waals surface area contributed by atoms with Crippen LogP contribution in [0.5, 0.6) is 0 Å². The lowest BCUT2D eigenvalue weighted by Gasteiger charge is -2.12. The zero-order valence-corrected chi connectivity index (χ0v) is 14.0. The van der Waals surface area contributed by atoms with Crippen LogP contribution >= 0.6 is 0 Å². The monoisotopic (exact) mass is 353 g/mol. The molecule has 1 aromatic carbocycles. The number of carbonyl (C=O) groups is 2. The number of carbonyl (C=O) groups excluding carboxylic acids is 2. The molecule has 0 aliphatic rings. The topological polar surface area (TPSA) is 88.0 Å². The summed E-state index contributed by atoms with van der Waals surface area (Å²) in [5, 5.41) is 2.43. The molecule has 0 radical (unpaired) electrons. The summed E-state index contributed by atoms with van der Waals surface area (Å²) < 4.78 is 38.9. The quantitative estimate of drug-likeness (QED) is 0.734. The van der Waals surface area contributed by atoms with Crippen molar-refractivity contribution < 1.29 is 22.8 Å². The van der Waals surface area contributed by atoms with Gasteiger partial charge in [-0.05, 0) is 50.1 Å². The predicted molar refractivity (Wildman–Crippen MR) is 87.6 cm³/mol.